The minimum absolute atomic E-state index is 0.127. The van der Waals surface area contributed by atoms with Gasteiger partial charge in [-0.3, -0.25) is 4.79 Å². The molecule has 2 unspecified atom stereocenters. The molecule has 0 aliphatic heterocycles. The molecule has 1 aromatic heterocycles. The molecule has 0 aliphatic carbocycles. The highest BCUT2D eigenvalue weighted by atomic mass is 16.3. The van der Waals surface area contributed by atoms with Gasteiger partial charge < -0.3 is 10.4 Å². The van der Waals surface area contributed by atoms with Crippen LogP contribution in [0.5, 0.6) is 0 Å². The Hall–Kier alpha value is -1.43. The molecule has 0 fully saturated rings. The number of nitrogens with one attached hydrogen (secondary N) is 1. The molecule has 6 nitrogen and oxygen atoms in total. The van der Waals surface area contributed by atoms with Crippen molar-refractivity contribution in [3.05, 3.63) is 12.7 Å². The molecular formula is C10H18N4O2. The number of carbonyl (C=O) groups is 1. The SMILES string of the molecule is CC(C)C(O)CNC(=O)C(C)n1cncn1. The van der Waals surface area contributed by atoms with Gasteiger partial charge in [-0.15, -0.1) is 0 Å². The van der Waals surface area contributed by atoms with Gasteiger partial charge in [0.15, 0.2) is 0 Å². The average Bonchev–Trinajstić information content (AvgIpc) is 2.77. The van der Waals surface area contributed by atoms with Crippen LogP contribution in [-0.4, -0.2) is 38.4 Å². The molecule has 1 rings (SSSR count). The lowest BCUT2D eigenvalue weighted by Gasteiger charge is -2.17. The fourth-order valence-corrected chi connectivity index (χ4v) is 1.13. The minimum Gasteiger partial charge on any atom is -0.391 e. The zero-order valence-corrected chi connectivity index (χ0v) is 9.79. The van der Waals surface area contributed by atoms with Gasteiger partial charge >= 0.3 is 0 Å². The van der Waals surface area contributed by atoms with Crippen molar-refractivity contribution in [1.29, 1.82) is 0 Å². The van der Waals surface area contributed by atoms with Crippen LogP contribution in [-0.2, 0) is 4.79 Å². The van der Waals surface area contributed by atoms with E-state index in [1.807, 2.05) is 13.8 Å². The number of aromatic nitrogens is 3. The van der Waals surface area contributed by atoms with E-state index < -0.39 is 12.1 Å². The molecule has 0 radical (unpaired) electrons. The topological polar surface area (TPSA) is 80.0 Å². The summed E-state index contributed by atoms with van der Waals surface area (Å²) in [6.45, 7) is 5.79. The van der Waals surface area contributed by atoms with E-state index in [1.54, 1.807) is 6.92 Å². The lowest BCUT2D eigenvalue weighted by atomic mass is 10.1. The Kier molecular flexibility index (Phi) is 4.42. The Labute approximate surface area is 94.7 Å². The fourth-order valence-electron chi connectivity index (χ4n) is 1.13. The van der Waals surface area contributed by atoms with Crippen LogP contribution in [0.2, 0.25) is 0 Å². The Morgan fingerprint density at radius 2 is 2.19 bits per heavy atom. The average molecular weight is 226 g/mol. The van der Waals surface area contributed by atoms with Gasteiger partial charge in [-0.05, 0) is 12.8 Å². The quantitative estimate of drug-likeness (QED) is 0.739. The van der Waals surface area contributed by atoms with Crippen molar-refractivity contribution in [2.75, 3.05) is 6.54 Å². The van der Waals surface area contributed by atoms with E-state index in [2.05, 4.69) is 15.4 Å². The van der Waals surface area contributed by atoms with E-state index in [0.717, 1.165) is 0 Å². The van der Waals surface area contributed by atoms with Gasteiger partial charge in [0.05, 0.1) is 6.10 Å². The second-order valence-corrected chi connectivity index (χ2v) is 4.11. The molecular weight excluding hydrogens is 208 g/mol. The third-order valence-electron chi connectivity index (χ3n) is 2.47. The van der Waals surface area contributed by atoms with E-state index >= 15 is 0 Å². The van der Waals surface area contributed by atoms with Gasteiger partial charge in [-0.2, -0.15) is 5.10 Å². The van der Waals surface area contributed by atoms with Gasteiger partial charge in [-0.25, -0.2) is 9.67 Å². The molecule has 2 N–H and O–H groups in total. The van der Waals surface area contributed by atoms with Crippen LogP contribution in [0.4, 0.5) is 0 Å². The fraction of sp³-hybridized carbons (Fsp3) is 0.700. The van der Waals surface area contributed by atoms with Gasteiger partial charge in [0.1, 0.15) is 18.7 Å². The molecule has 1 heterocycles. The number of hydrogen-bond acceptors (Lipinski definition) is 4. The van der Waals surface area contributed by atoms with Crippen LogP contribution in [0, 0.1) is 5.92 Å². The van der Waals surface area contributed by atoms with E-state index in [9.17, 15) is 9.90 Å². The second kappa shape index (κ2) is 5.60. The van der Waals surface area contributed by atoms with Crippen LogP contribution in [0.15, 0.2) is 12.7 Å². The van der Waals surface area contributed by atoms with Crippen molar-refractivity contribution in [3.8, 4) is 0 Å². The number of aliphatic hydroxyl groups is 1. The van der Waals surface area contributed by atoms with Gasteiger partial charge in [0.25, 0.3) is 0 Å². The maximum absolute atomic E-state index is 11.7. The largest absolute Gasteiger partial charge is 0.391 e. The Morgan fingerprint density at radius 3 is 2.69 bits per heavy atom. The van der Waals surface area contributed by atoms with Crippen LogP contribution in [0.25, 0.3) is 0 Å². The molecule has 1 aromatic rings. The van der Waals surface area contributed by atoms with Crippen molar-refractivity contribution in [3.63, 3.8) is 0 Å². The van der Waals surface area contributed by atoms with Crippen LogP contribution in [0.3, 0.4) is 0 Å². The molecule has 0 saturated heterocycles. The van der Waals surface area contributed by atoms with Gasteiger partial charge in [0, 0.05) is 6.54 Å². The lowest BCUT2D eigenvalue weighted by molar-refractivity contribution is -0.124. The molecule has 6 heteroatoms. The Bertz CT molecular complexity index is 324. The first-order valence-corrected chi connectivity index (χ1v) is 5.32. The third kappa shape index (κ3) is 3.30. The number of hydrogen-bond donors (Lipinski definition) is 2. The van der Waals surface area contributed by atoms with Crippen molar-refractivity contribution >= 4 is 5.91 Å². The van der Waals surface area contributed by atoms with Crippen molar-refractivity contribution in [2.45, 2.75) is 32.9 Å². The summed E-state index contributed by atoms with van der Waals surface area (Å²) in [5, 5.41) is 16.1. The zero-order chi connectivity index (χ0) is 12.1. The number of carbonyl (C=O) groups excluding carboxylic acids is 1. The van der Waals surface area contributed by atoms with Gasteiger partial charge in [0.2, 0.25) is 5.91 Å². The number of amides is 1. The molecule has 90 valence electrons. The van der Waals surface area contributed by atoms with Crippen LogP contribution < -0.4 is 5.32 Å². The highest BCUT2D eigenvalue weighted by Gasteiger charge is 2.17. The summed E-state index contributed by atoms with van der Waals surface area (Å²) < 4.78 is 1.47. The minimum atomic E-state index is -0.521. The third-order valence-corrected chi connectivity index (χ3v) is 2.47. The smallest absolute Gasteiger partial charge is 0.244 e. The first kappa shape index (κ1) is 12.6. The van der Waals surface area contributed by atoms with E-state index in [-0.39, 0.29) is 18.4 Å². The van der Waals surface area contributed by atoms with Crippen LogP contribution >= 0.6 is 0 Å². The molecule has 0 saturated carbocycles. The predicted octanol–water partition coefficient (Wildman–Crippen LogP) is -0.0278. The van der Waals surface area contributed by atoms with Crippen molar-refractivity contribution < 1.29 is 9.90 Å². The van der Waals surface area contributed by atoms with E-state index in [4.69, 9.17) is 0 Å². The lowest BCUT2D eigenvalue weighted by Crippen LogP contribution is -2.38. The second-order valence-electron chi connectivity index (χ2n) is 4.11. The molecule has 0 aliphatic rings. The monoisotopic (exact) mass is 226 g/mol. The highest BCUT2D eigenvalue weighted by molar-refractivity contribution is 5.79. The van der Waals surface area contributed by atoms with E-state index in [1.165, 1.54) is 17.3 Å². The number of rotatable bonds is 5. The first-order chi connectivity index (χ1) is 7.52. The summed E-state index contributed by atoms with van der Waals surface area (Å²) >= 11 is 0. The van der Waals surface area contributed by atoms with Gasteiger partial charge in [-0.1, -0.05) is 13.8 Å². The molecule has 0 bridgehead atoms. The highest BCUT2D eigenvalue weighted by Crippen LogP contribution is 2.03. The predicted molar refractivity (Wildman–Crippen MR) is 58.6 cm³/mol. The maximum Gasteiger partial charge on any atom is 0.244 e. The van der Waals surface area contributed by atoms with Crippen LogP contribution in [0.1, 0.15) is 26.8 Å². The summed E-state index contributed by atoms with van der Waals surface area (Å²) in [6, 6.07) is -0.415. The molecule has 1 amide bonds. The molecule has 0 aromatic carbocycles. The van der Waals surface area contributed by atoms with Crippen molar-refractivity contribution in [1.82, 2.24) is 20.1 Å². The molecule has 16 heavy (non-hydrogen) atoms. The van der Waals surface area contributed by atoms with Crippen molar-refractivity contribution in [2.24, 2.45) is 5.92 Å². The Balaban J connectivity index is 2.41. The normalized spacial score (nSPS) is 14.8. The summed E-state index contributed by atoms with van der Waals surface area (Å²) in [7, 11) is 0. The maximum atomic E-state index is 11.7. The summed E-state index contributed by atoms with van der Waals surface area (Å²) in [5.74, 6) is -0.0489. The number of nitrogens with zero attached hydrogens (tertiary/aromatic N) is 3. The van der Waals surface area contributed by atoms with E-state index in [0.29, 0.717) is 0 Å². The number of aliphatic hydroxyl groups excluding tert-OH is 1. The first-order valence-electron chi connectivity index (χ1n) is 5.32. The Morgan fingerprint density at radius 1 is 1.50 bits per heavy atom. The summed E-state index contributed by atoms with van der Waals surface area (Å²) in [4.78, 5) is 15.4. The molecule has 2 atom stereocenters. The zero-order valence-electron chi connectivity index (χ0n) is 9.79. The summed E-state index contributed by atoms with van der Waals surface area (Å²) in [5.41, 5.74) is 0. The molecule has 0 spiro atoms. The summed E-state index contributed by atoms with van der Waals surface area (Å²) in [6.07, 6.45) is 2.35. The standard InChI is InChI=1S/C10H18N4O2/c1-7(2)9(15)4-12-10(16)8(3)14-6-11-5-13-14/h5-9,15H,4H2,1-3H3,(H,12,16).